The summed E-state index contributed by atoms with van der Waals surface area (Å²) in [5.41, 5.74) is 1.54. The normalized spacial score (nSPS) is 35.3. The summed E-state index contributed by atoms with van der Waals surface area (Å²) in [6, 6.07) is 13.4. The number of fused-ring (bicyclic) bond motifs is 8. The van der Waals surface area contributed by atoms with E-state index < -0.39 is 21.9 Å². The van der Waals surface area contributed by atoms with E-state index in [2.05, 4.69) is 0 Å². The van der Waals surface area contributed by atoms with Crippen LogP contribution in [0.25, 0.3) is 0 Å². The predicted molar refractivity (Wildman–Crippen MR) is 112 cm³/mol. The van der Waals surface area contributed by atoms with E-state index in [1.807, 2.05) is 6.92 Å². The molecule has 31 heavy (non-hydrogen) atoms. The first-order chi connectivity index (χ1) is 14.8. The second-order valence-electron chi connectivity index (χ2n) is 8.95. The number of ether oxygens (including phenoxy) is 1. The monoisotopic (exact) mass is 438 g/mol. The van der Waals surface area contributed by atoms with E-state index in [0.717, 1.165) is 12.0 Å². The molecule has 2 aromatic rings. The van der Waals surface area contributed by atoms with E-state index in [-0.39, 0.29) is 40.6 Å². The molecule has 6 rings (SSSR count). The van der Waals surface area contributed by atoms with Crippen LogP contribution < -0.4 is 9.64 Å². The number of nitrogens with zero attached hydrogens (tertiary/aromatic N) is 2. The maximum atomic E-state index is 13.3. The topological polar surface area (TPSA) is 83.8 Å². The molecule has 0 N–H and O–H groups in total. The molecule has 7 atom stereocenters. The van der Waals surface area contributed by atoms with E-state index in [0.29, 0.717) is 11.4 Å². The number of aryl methyl sites for hydroxylation is 1. The Hall–Kier alpha value is -2.71. The molecule has 8 heteroatoms. The maximum absolute atomic E-state index is 13.3. The van der Waals surface area contributed by atoms with Crippen LogP contribution in [0.5, 0.6) is 5.75 Å². The van der Waals surface area contributed by atoms with Crippen LogP contribution in [0.15, 0.2) is 53.4 Å². The third-order valence-electron chi connectivity index (χ3n) is 7.52. The number of imide groups is 1. The van der Waals surface area contributed by atoms with Crippen molar-refractivity contribution in [3.8, 4) is 5.75 Å². The number of hydrogen-bond acceptors (Lipinski definition) is 5. The number of hydrogen-bond donors (Lipinski definition) is 0. The lowest BCUT2D eigenvalue weighted by Gasteiger charge is -2.20. The van der Waals surface area contributed by atoms with Gasteiger partial charge in [0.25, 0.3) is 0 Å². The Bertz CT molecular complexity index is 1170. The molecule has 2 heterocycles. The van der Waals surface area contributed by atoms with Gasteiger partial charge in [0.05, 0.1) is 29.5 Å². The number of carbonyl (C=O) groups is 2. The SMILES string of the molecule is COc1ccc(N2C(=O)[C@@H]3[C@H]4C[C@@H]([C@@H]3C2=O)[C@@H]2[C@H]4N2S(=O)(=O)c2ccc(C)cc2)cc1. The maximum Gasteiger partial charge on any atom is 0.243 e. The molecule has 4 fully saturated rings. The highest BCUT2D eigenvalue weighted by molar-refractivity contribution is 7.89. The van der Waals surface area contributed by atoms with Gasteiger partial charge >= 0.3 is 0 Å². The van der Waals surface area contributed by atoms with Gasteiger partial charge in [0.15, 0.2) is 0 Å². The number of piperidine rings is 1. The first-order valence-electron chi connectivity index (χ1n) is 10.5. The van der Waals surface area contributed by atoms with Crippen LogP contribution in [0.2, 0.25) is 0 Å². The van der Waals surface area contributed by atoms with Crippen LogP contribution in [-0.2, 0) is 19.6 Å². The Labute approximate surface area is 180 Å². The molecule has 160 valence electrons. The van der Waals surface area contributed by atoms with Crippen molar-refractivity contribution in [1.82, 2.24) is 4.31 Å². The zero-order chi connectivity index (χ0) is 21.7. The highest BCUT2D eigenvalue weighted by atomic mass is 32.2. The van der Waals surface area contributed by atoms with Crippen molar-refractivity contribution in [2.24, 2.45) is 23.7 Å². The Morgan fingerprint density at radius 2 is 1.42 bits per heavy atom. The molecule has 2 bridgehead atoms. The van der Waals surface area contributed by atoms with Crippen molar-refractivity contribution in [3.63, 3.8) is 0 Å². The molecule has 2 saturated heterocycles. The summed E-state index contributed by atoms with van der Waals surface area (Å²) in [6.07, 6.45) is 0.749. The van der Waals surface area contributed by atoms with Gasteiger partial charge in [-0.1, -0.05) is 17.7 Å². The van der Waals surface area contributed by atoms with Gasteiger partial charge in [0, 0.05) is 12.1 Å². The summed E-state index contributed by atoms with van der Waals surface area (Å²) < 4.78 is 33.1. The summed E-state index contributed by atoms with van der Waals surface area (Å²) in [5.74, 6) is -0.810. The predicted octanol–water partition coefficient (Wildman–Crippen LogP) is 2.20. The van der Waals surface area contributed by atoms with Crippen LogP contribution in [0.3, 0.4) is 0 Å². The van der Waals surface area contributed by atoms with Gasteiger partial charge in [-0.05, 0) is 61.6 Å². The summed E-state index contributed by atoms with van der Waals surface area (Å²) in [6.45, 7) is 1.91. The molecule has 1 unspecified atom stereocenters. The minimum absolute atomic E-state index is 0.0973. The van der Waals surface area contributed by atoms with Crippen molar-refractivity contribution < 1.29 is 22.7 Å². The third kappa shape index (κ3) is 2.40. The first-order valence-corrected chi connectivity index (χ1v) is 11.9. The zero-order valence-electron chi connectivity index (χ0n) is 17.1. The van der Waals surface area contributed by atoms with Crippen LogP contribution in [-0.4, -0.2) is 43.7 Å². The van der Waals surface area contributed by atoms with Crippen molar-refractivity contribution in [2.45, 2.75) is 30.3 Å². The molecule has 2 aromatic carbocycles. The summed E-state index contributed by atoms with van der Waals surface area (Å²) >= 11 is 0. The van der Waals surface area contributed by atoms with E-state index in [1.165, 1.54) is 4.90 Å². The fraction of sp³-hybridized carbons (Fsp3) is 0.391. The van der Waals surface area contributed by atoms with Crippen molar-refractivity contribution >= 4 is 27.5 Å². The van der Waals surface area contributed by atoms with Gasteiger partial charge in [-0.15, -0.1) is 0 Å². The fourth-order valence-electron chi connectivity index (χ4n) is 6.19. The van der Waals surface area contributed by atoms with Crippen molar-refractivity contribution in [2.75, 3.05) is 12.0 Å². The van der Waals surface area contributed by atoms with Crippen molar-refractivity contribution in [1.29, 1.82) is 0 Å². The van der Waals surface area contributed by atoms with Gasteiger partial charge in [0.1, 0.15) is 5.75 Å². The molecule has 7 nitrogen and oxygen atoms in total. The number of amides is 2. The molecule has 2 saturated carbocycles. The van der Waals surface area contributed by atoms with Gasteiger partial charge in [0.2, 0.25) is 21.8 Å². The Morgan fingerprint density at radius 3 is 1.94 bits per heavy atom. The minimum atomic E-state index is -3.62. The lowest BCUT2D eigenvalue weighted by atomic mass is 9.81. The lowest BCUT2D eigenvalue weighted by molar-refractivity contribution is -0.123. The number of sulfonamides is 1. The number of rotatable bonds is 4. The quantitative estimate of drug-likeness (QED) is 0.540. The number of carbonyl (C=O) groups excluding carboxylic acids is 2. The number of methoxy groups -OCH3 is 1. The standard InChI is InChI=1S/C23H22N2O5S/c1-12-3-9-15(10-4-12)31(28,29)25-20-16-11-17(21(20)25)19-18(16)22(26)24(23(19)27)13-5-7-14(30-2)8-6-13/h3-10,16-21H,11H2,1-2H3/t16-,17+,18-,19+,20+,21-,25?. The van der Waals surface area contributed by atoms with Gasteiger partial charge < -0.3 is 4.74 Å². The molecular weight excluding hydrogens is 416 g/mol. The van der Waals surface area contributed by atoms with Gasteiger partial charge in [-0.3, -0.25) is 14.5 Å². The van der Waals surface area contributed by atoms with Crippen LogP contribution >= 0.6 is 0 Å². The molecule has 2 aliphatic carbocycles. The van der Waals surface area contributed by atoms with Gasteiger partial charge in [-0.2, -0.15) is 4.31 Å². The molecule has 0 radical (unpaired) electrons. The second kappa shape index (κ2) is 6.17. The minimum Gasteiger partial charge on any atom is -0.497 e. The van der Waals surface area contributed by atoms with Gasteiger partial charge in [-0.25, -0.2) is 8.42 Å². The molecule has 4 aliphatic rings. The van der Waals surface area contributed by atoms with Crippen LogP contribution in [0.1, 0.15) is 12.0 Å². The Morgan fingerprint density at radius 1 is 0.871 bits per heavy atom. The number of benzene rings is 2. The van der Waals surface area contributed by atoms with E-state index in [1.54, 1.807) is 59.9 Å². The van der Waals surface area contributed by atoms with Crippen LogP contribution in [0, 0.1) is 30.6 Å². The molecule has 0 spiro atoms. The third-order valence-corrected chi connectivity index (χ3v) is 9.43. The largest absolute Gasteiger partial charge is 0.497 e. The fourth-order valence-corrected chi connectivity index (χ4v) is 8.06. The summed E-state index contributed by atoms with van der Waals surface area (Å²) in [7, 11) is -2.06. The average molecular weight is 439 g/mol. The number of anilines is 1. The average Bonchev–Trinajstić information content (AvgIpc) is 3.15. The zero-order valence-corrected chi connectivity index (χ0v) is 18.0. The van der Waals surface area contributed by atoms with Crippen LogP contribution in [0.4, 0.5) is 5.69 Å². The smallest absolute Gasteiger partial charge is 0.243 e. The van der Waals surface area contributed by atoms with Crippen molar-refractivity contribution in [3.05, 3.63) is 54.1 Å². The summed E-state index contributed by atoms with van der Waals surface area (Å²) in [4.78, 5) is 28.1. The van der Waals surface area contributed by atoms with E-state index in [4.69, 9.17) is 4.74 Å². The second-order valence-corrected chi connectivity index (χ2v) is 10.8. The Balaban J connectivity index is 1.29. The highest BCUT2D eigenvalue weighted by Crippen LogP contribution is 2.66. The van der Waals surface area contributed by atoms with E-state index in [9.17, 15) is 18.0 Å². The highest BCUT2D eigenvalue weighted by Gasteiger charge is 2.78. The summed E-state index contributed by atoms with van der Waals surface area (Å²) in [5, 5.41) is 0. The van der Waals surface area contributed by atoms with E-state index >= 15 is 0 Å². The molecular formula is C23H22N2O5S. The first kappa shape index (κ1) is 19.0. The lowest BCUT2D eigenvalue weighted by Crippen LogP contribution is -2.34. The molecule has 2 amide bonds. The molecule has 2 aliphatic heterocycles. The molecule has 0 aromatic heterocycles. The Kier molecular flexibility index (Phi) is 3.78.